The van der Waals surface area contributed by atoms with Crippen molar-refractivity contribution in [1.82, 2.24) is 20.4 Å². The van der Waals surface area contributed by atoms with Crippen molar-refractivity contribution in [3.63, 3.8) is 0 Å². The minimum Gasteiger partial charge on any atom is -0.493 e. The average Bonchev–Trinajstić information content (AvgIpc) is 2.93. The summed E-state index contributed by atoms with van der Waals surface area (Å²) in [6.45, 7) is 7.07. The number of hydrogen-bond acceptors (Lipinski definition) is 6. The third-order valence-electron chi connectivity index (χ3n) is 4.94. The van der Waals surface area contributed by atoms with Crippen LogP contribution in [-0.2, 0) is 6.54 Å². The smallest absolute Gasteiger partial charge is 0.203 e. The van der Waals surface area contributed by atoms with Crippen molar-refractivity contribution in [2.45, 2.75) is 13.0 Å². The van der Waals surface area contributed by atoms with E-state index < -0.39 is 0 Å². The number of nitrogens with zero attached hydrogens (tertiary/aromatic N) is 3. The number of rotatable bonds is 8. The zero-order valence-corrected chi connectivity index (χ0v) is 20.6. The molecule has 0 radical (unpaired) electrons. The molecule has 1 aromatic rings. The van der Waals surface area contributed by atoms with Crippen LogP contribution in [0, 0.1) is 0 Å². The van der Waals surface area contributed by atoms with E-state index in [9.17, 15) is 0 Å². The number of methoxy groups -OCH3 is 3. The van der Waals surface area contributed by atoms with Crippen LogP contribution < -0.4 is 24.8 Å². The predicted molar refractivity (Wildman–Crippen MR) is 128 cm³/mol. The highest BCUT2D eigenvalue weighted by Gasteiger charge is 2.14. The standard InChI is InChI=1S/C20H35N5O3.HI/c1-21-20(22-7-10-25-9-6-8-24(2)11-12-25)23-15-16-13-17(26-3)19(28-5)18(14-16)27-4;/h13-14H,6-12,15H2,1-5H3,(H2,21,22,23);1H. The molecule has 1 aliphatic rings. The zero-order valence-electron chi connectivity index (χ0n) is 18.3. The van der Waals surface area contributed by atoms with E-state index in [0.717, 1.165) is 44.2 Å². The summed E-state index contributed by atoms with van der Waals surface area (Å²) in [4.78, 5) is 9.21. The summed E-state index contributed by atoms with van der Waals surface area (Å²) < 4.78 is 16.2. The van der Waals surface area contributed by atoms with Gasteiger partial charge in [-0.1, -0.05) is 0 Å². The van der Waals surface area contributed by atoms with Crippen LogP contribution in [0.3, 0.4) is 0 Å². The van der Waals surface area contributed by atoms with Gasteiger partial charge in [0.05, 0.1) is 21.3 Å². The molecule has 0 unspecified atom stereocenters. The second-order valence-electron chi connectivity index (χ2n) is 6.88. The minimum atomic E-state index is 0. The fourth-order valence-corrected chi connectivity index (χ4v) is 3.30. The van der Waals surface area contributed by atoms with Crippen molar-refractivity contribution in [1.29, 1.82) is 0 Å². The summed E-state index contributed by atoms with van der Waals surface area (Å²) in [6, 6.07) is 3.88. The first-order chi connectivity index (χ1) is 13.6. The fourth-order valence-electron chi connectivity index (χ4n) is 3.30. The van der Waals surface area contributed by atoms with Crippen LogP contribution in [0.2, 0.25) is 0 Å². The molecule has 2 N–H and O–H groups in total. The first-order valence-corrected chi connectivity index (χ1v) is 9.75. The van der Waals surface area contributed by atoms with Crippen LogP contribution in [-0.4, -0.2) is 90.5 Å². The van der Waals surface area contributed by atoms with Crippen LogP contribution in [0.25, 0.3) is 0 Å². The van der Waals surface area contributed by atoms with Gasteiger partial charge in [0.1, 0.15) is 0 Å². The Balaban J connectivity index is 0.00000420. The van der Waals surface area contributed by atoms with Crippen LogP contribution in [0.4, 0.5) is 0 Å². The molecule has 1 aliphatic heterocycles. The van der Waals surface area contributed by atoms with E-state index in [0.29, 0.717) is 23.8 Å². The van der Waals surface area contributed by atoms with Crippen LogP contribution >= 0.6 is 24.0 Å². The van der Waals surface area contributed by atoms with Gasteiger partial charge in [-0.15, -0.1) is 24.0 Å². The van der Waals surface area contributed by atoms with E-state index in [1.807, 2.05) is 12.1 Å². The van der Waals surface area contributed by atoms with Gasteiger partial charge in [-0.2, -0.15) is 0 Å². The molecule has 8 nitrogen and oxygen atoms in total. The number of ether oxygens (including phenoxy) is 3. The Labute approximate surface area is 192 Å². The number of aliphatic imine (C=N–C) groups is 1. The van der Waals surface area contributed by atoms with Crippen molar-refractivity contribution >= 4 is 29.9 Å². The summed E-state index contributed by atoms with van der Waals surface area (Å²) in [6.07, 6.45) is 1.23. The Hall–Kier alpha value is -1.46. The van der Waals surface area contributed by atoms with Crippen molar-refractivity contribution in [2.24, 2.45) is 4.99 Å². The summed E-state index contributed by atoms with van der Waals surface area (Å²) in [5.41, 5.74) is 1.02. The van der Waals surface area contributed by atoms with Gasteiger partial charge in [0, 0.05) is 39.8 Å². The Bertz CT molecular complexity index is 620. The molecule has 0 saturated carbocycles. The first kappa shape index (κ1) is 25.6. The van der Waals surface area contributed by atoms with Crippen molar-refractivity contribution in [2.75, 3.05) is 74.7 Å². The number of guanidine groups is 1. The van der Waals surface area contributed by atoms with Gasteiger partial charge in [0.2, 0.25) is 5.75 Å². The maximum atomic E-state index is 5.41. The monoisotopic (exact) mass is 521 g/mol. The predicted octanol–water partition coefficient (Wildman–Crippen LogP) is 1.63. The molecule has 9 heteroatoms. The van der Waals surface area contributed by atoms with Gasteiger partial charge in [-0.3, -0.25) is 4.99 Å². The van der Waals surface area contributed by atoms with Crippen molar-refractivity contribution in [3.05, 3.63) is 17.7 Å². The molecule has 1 heterocycles. The first-order valence-electron chi connectivity index (χ1n) is 9.75. The van der Waals surface area contributed by atoms with Gasteiger partial charge in [0.15, 0.2) is 17.5 Å². The van der Waals surface area contributed by atoms with E-state index in [4.69, 9.17) is 14.2 Å². The second kappa shape index (κ2) is 13.7. The maximum Gasteiger partial charge on any atom is 0.203 e. The Kier molecular flexibility index (Phi) is 12.1. The lowest BCUT2D eigenvalue weighted by molar-refractivity contribution is 0.280. The molecule has 0 aromatic heterocycles. The summed E-state index contributed by atoms with van der Waals surface area (Å²) in [5, 5.41) is 6.74. The summed E-state index contributed by atoms with van der Waals surface area (Å²) >= 11 is 0. The largest absolute Gasteiger partial charge is 0.493 e. The van der Waals surface area contributed by atoms with Crippen molar-refractivity contribution < 1.29 is 14.2 Å². The number of nitrogens with one attached hydrogen (secondary N) is 2. The highest BCUT2D eigenvalue weighted by atomic mass is 127. The third kappa shape index (κ3) is 8.06. The Morgan fingerprint density at radius 1 is 1.00 bits per heavy atom. The summed E-state index contributed by atoms with van der Waals surface area (Å²) in [7, 11) is 8.82. The van der Waals surface area contributed by atoms with Gasteiger partial charge >= 0.3 is 0 Å². The summed E-state index contributed by atoms with van der Waals surface area (Å²) in [5.74, 6) is 2.67. The topological polar surface area (TPSA) is 70.6 Å². The van der Waals surface area contributed by atoms with E-state index >= 15 is 0 Å². The van der Waals surface area contributed by atoms with Crippen LogP contribution in [0.5, 0.6) is 17.2 Å². The molecule has 0 aliphatic carbocycles. The molecule has 1 saturated heterocycles. The molecular formula is C20H36IN5O3. The van der Waals surface area contributed by atoms with E-state index in [-0.39, 0.29) is 24.0 Å². The third-order valence-corrected chi connectivity index (χ3v) is 4.94. The van der Waals surface area contributed by atoms with Gasteiger partial charge in [-0.05, 0) is 44.3 Å². The fraction of sp³-hybridized carbons (Fsp3) is 0.650. The molecule has 0 amide bonds. The second-order valence-corrected chi connectivity index (χ2v) is 6.88. The molecule has 0 bridgehead atoms. The Morgan fingerprint density at radius 3 is 2.28 bits per heavy atom. The normalized spacial score (nSPS) is 15.8. The molecule has 29 heavy (non-hydrogen) atoms. The molecule has 1 fully saturated rings. The lowest BCUT2D eigenvalue weighted by Gasteiger charge is -2.21. The minimum absolute atomic E-state index is 0. The molecule has 2 rings (SSSR count). The molecule has 166 valence electrons. The highest BCUT2D eigenvalue weighted by molar-refractivity contribution is 14.0. The lowest BCUT2D eigenvalue weighted by Crippen LogP contribution is -2.42. The SMILES string of the molecule is CN=C(NCCN1CCCN(C)CC1)NCc1cc(OC)c(OC)c(OC)c1.I. The average molecular weight is 521 g/mol. The maximum absolute atomic E-state index is 5.41. The lowest BCUT2D eigenvalue weighted by atomic mass is 10.2. The highest BCUT2D eigenvalue weighted by Crippen LogP contribution is 2.38. The zero-order chi connectivity index (χ0) is 20.4. The van der Waals surface area contributed by atoms with E-state index in [1.165, 1.54) is 13.0 Å². The Morgan fingerprint density at radius 2 is 1.69 bits per heavy atom. The molecular weight excluding hydrogens is 485 g/mol. The number of likely N-dealkylation sites (N-methyl/N-ethyl adjacent to an activating group) is 1. The van der Waals surface area contributed by atoms with Gasteiger partial charge in [-0.25, -0.2) is 0 Å². The molecule has 0 spiro atoms. The van der Waals surface area contributed by atoms with E-state index in [2.05, 4.69) is 32.5 Å². The number of halogens is 1. The van der Waals surface area contributed by atoms with Gasteiger partial charge in [0.25, 0.3) is 0 Å². The van der Waals surface area contributed by atoms with E-state index in [1.54, 1.807) is 28.4 Å². The molecule has 1 aromatic carbocycles. The quantitative estimate of drug-likeness (QED) is 0.306. The molecule has 0 atom stereocenters. The number of hydrogen-bond donors (Lipinski definition) is 2. The van der Waals surface area contributed by atoms with Crippen LogP contribution in [0.1, 0.15) is 12.0 Å². The van der Waals surface area contributed by atoms with Crippen LogP contribution in [0.15, 0.2) is 17.1 Å². The van der Waals surface area contributed by atoms with Crippen molar-refractivity contribution in [3.8, 4) is 17.2 Å². The number of benzene rings is 1. The van der Waals surface area contributed by atoms with Gasteiger partial charge < -0.3 is 34.6 Å².